The van der Waals surface area contributed by atoms with Crippen LogP contribution in [0.3, 0.4) is 0 Å². The second kappa shape index (κ2) is 9.80. The zero-order valence-corrected chi connectivity index (χ0v) is 20.9. The lowest BCUT2D eigenvalue weighted by molar-refractivity contribution is 0.102. The second-order valence-corrected chi connectivity index (χ2v) is 8.89. The van der Waals surface area contributed by atoms with Gasteiger partial charge in [0.1, 0.15) is 10.9 Å². The van der Waals surface area contributed by atoms with Crippen LogP contribution in [0, 0.1) is 6.92 Å². The van der Waals surface area contributed by atoms with Crippen LogP contribution in [0.1, 0.15) is 16.1 Å². The molecule has 0 radical (unpaired) electrons. The van der Waals surface area contributed by atoms with E-state index in [0.29, 0.717) is 49.6 Å². The number of halogens is 1. The summed E-state index contributed by atoms with van der Waals surface area (Å²) in [6.07, 6.45) is 6.28. The minimum Gasteiger partial charge on any atom is -0.494 e. The van der Waals surface area contributed by atoms with Crippen molar-refractivity contribution in [2.24, 2.45) is 0 Å². The summed E-state index contributed by atoms with van der Waals surface area (Å²) < 4.78 is 10.5. The third-order valence-corrected chi connectivity index (χ3v) is 6.27. The molecule has 0 bridgehead atoms. The van der Waals surface area contributed by atoms with Crippen LogP contribution >= 0.6 is 22.9 Å². The zero-order chi connectivity index (χ0) is 25.2. The first-order valence-electron chi connectivity index (χ1n) is 10.6. The van der Waals surface area contributed by atoms with Crippen LogP contribution in [0.5, 0.6) is 11.6 Å². The molecule has 0 atom stereocenters. The topological polar surface area (TPSA) is 125 Å². The maximum absolute atomic E-state index is 13.3. The van der Waals surface area contributed by atoms with E-state index in [4.69, 9.17) is 21.1 Å². The van der Waals surface area contributed by atoms with Crippen molar-refractivity contribution in [3.8, 4) is 34.0 Å². The monoisotopic (exact) mass is 519 g/mol. The van der Waals surface area contributed by atoms with Gasteiger partial charge in [-0.25, -0.2) is 19.9 Å². The largest absolute Gasteiger partial charge is 0.494 e. The lowest BCUT2D eigenvalue weighted by Gasteiger charge is -2.13. The van der Waals surface area contributed by atoms with E-state index >= 15 is 0 Å². The van der Waals surface area contributed by atoms with Crippen LogP contribution in [0.25, 0.3) is 32.9 Å². The number of rotatable bonds is 6. The Labute approximate surface area is 214 Å². The summed E-state index contributed by atoms with van der Waals surface area (Å²) in [5.74, 6) is 0.589. The molecule has 1 N–H and O–H groups in total. The van der Waals surface area contributed by atoms with E-state index in [-0.39, 0.29) is 5.15 Å². The van der Waals surface area contributed by atoms with Gasteiger partial charge in [0, 0.05) is 40.8 Å². The Morgan fingerprint density at radius 2 is 1.81 bits per heavy atom. The van der Waals surface area contributed by atoms with Gasteiger partial charge in [-0.1, -0.05) is 22.9 Å². The van der Waals surface area contributed by atoms with E-state index in [9.17, 15) is 4.79 Å². The zero-order valence-electron chi connectivity index (χ0n) is 19.3. The summed E-state index contributed by atoms with van der Waals surface area (Å²) in [6, 6.07) is 7.03. The normalized spacial score (nSPS) is 10.9. The molecule has 0 spiro atoms. The molecule has 5 heterocycles. The summed E-state index contributed by atoms with van der Waals surface area (Å²) >= 11 is 7.34. The fourth-order valence-corrected chi connectivity index (χ4v) is 4.44. The Balaban J connectivity index is 1.46. The number of nitrogens with one attached hydrogen (secondary N) is 1. The van der Waals surface area contributed by atoms with Crippen molar-refractivity contribution >= 4 is 44.5 Å². The van der Waals surface area contributed by atoms with Crippen LogP contribution in [0.4, 0.5) is 5.13 Å². The van der Waals surface area contributed by atoms with Gasteiger partial charge >= 0.3 is 0 Å². The van der Waals surface area contributed by atoms with Crippen molar-refractivity contribution in [2.75, 3.05) is 19.5 Å². The van der Waals surface area contributed by atoms with E-state index in [0.717, 1.165) is 11.3 Å². The molecule has 10 nitrogen and oxygen atoms in total. The van der Waals surface area contributed by atoms with E-state index in [1.165, 1.54) is 30.8 Å². The van der Waals surface area contributed by atoms with Crippen LogP contribution in [-0.4, -0.2) is 50.0 Å². The number of amides is 1. The highest BCUT2D eigenvalue weighted by atomic mass is 35.5. The third-order valence-electron chi connectivity index (χ3n) is 5.21. The number of ether oxygens (including phenoxy) is 2. The molecular weight excluding hydrogens is 502 g/mol. The van der Waals surface area contributed by atoms with E-state index in [2.05, 4.69) is 35.2 Å². The first-order valence-corrected chi connectivity index (χ1v) is 11.8. The van der Waals surface area contributed by atoms with Crippen LogP contribution in [0.2, 0.25) is 5.15 Å². The van der Waals surface area contributed by atoms with Crippen molar-refractivity contribution in [3.63, 3.8) is 0 Å². The fourth-order valence-electron chi connectivity index (χ4n) is 3.49. The van der Waals surface area contributed by atoms with Gasteiger partial charge in [-0.15, -0.1) is 0 Å². The molecule has 0 saturated carbocycles. The average Bonchev–Trinajstić information content (AvgIpc) is 3.30. The van der Waals surface area contributed by atoms with Gasteiger partial charge in [0.15, 0.2) is 15.6 Å². The van der Waals surface area contributed by atoms with E-state index in [1.54, 1.807) is 37.7 Å². The number of aryl methyl sites for hydroxylation is 1. The molecule has 5 aromatic heterocycles. The number of pyridine rings is 3. The van der Waals surface area contributed by atoms with Gasteiger partial charge in [0.05, 0.1) is 37.9 Å². The highest BCUT2D eigenvalue weighted by Gasteiger charge is 2.20. The molecule has 0 aromatic carbocycles. The Kier molecular flexibility index (Phi) is 6.40. The number of aromatic nitrogens is 6. The lowest BCUT2D eigenvalue weighted by Crippen LogP contribution is -2.14. The number of hydrogen-bond donors (Lipinski definition) is 1. The van der Waals surface area contributed by atoms with Crippen molar-refractivity contribution < 1.29 is 14.3 Å². The highest BCUT2D eigenvalue weighted by Crippen LogP contribution is 2.34. The standard InChI is InChI=1S/C24H18ClN7O3S/c1-12-6-14(15-7-19(25)27-11-18(15)34-2)16(9-26-12)22(33)32-24-31-21-23(36-24)30-17(10-29-21)13-4-5-20(35-3)28-8-13/h4-11H,1-3H3,(H,29,31,32,33). The van der Waals surface area contributed by atoms with Crippen LogP contribution in [-0.2, 0) is 0 Å². The number of methoxy groups -OCH3 is 2. The smallest absolute Gasteiger partial charge is 0.259 e. The summed E-state index contributed by atoms with van der Waals surface area (Å²) in [7, 11) is 3.08. The van der Waals surface area contributed by atoms with E-state index < -0.39 is 5.91 Å². The van der Waals surface area contributed by atoms with Gasteiger partial charge in [0.2, 0.25) is 5.88 Å². The number of nitrogens with zero attached hydrogens (tertiary/aromatic N) is 6. The Bertz CT molecular complexity index is 1590. The first-order chi connectivity index (χ1) is 17.4. The van der Waals surface area contributed by atoms with Gasteiger partial charge in [-0.05, 0) is 25.1 Å². The maximum Gasteiger partial charge on any atom is 0.259 e. The number of anilines is 1. The molecule has 0 fully saturated rings. The number of fused-ring (bicyclic) bond motifs is 1. The van der Waals surface area contributed by atoms with Crippen LogP contribution < -0.4 is 14.8 Å². The second-order valence-electron chi connectivity index (χ2n) is 7.52. The lowest BCUT2D eigenvalue weighted by atomic mass is 10.0. The van der Waals surface area contributed by atoms with Crippen molar-refractivity contribution in [1.29, 1.82) is 0 Å². The molecule has 5 aromatic rings. The molecule has 12 heteroatoms. The number of thiazole rings is 1. The first kappa shape index (κ1) is 23.5. The predicted molar refractivity (Wildman–Crippen MR) is 137 cm³/mol. The van der Waals surface area contributed by atoms with Gasteiger partial charge in [0.25, 0.3) is 5.91 Å². The van der Waals surface area contributed by atoms with Gasteiger partial charge in [-0.3, -0.25) is 15.1 Å². The molecule has 36 heavy (non-hydrogen) atoms. The Morgan fingerprint density at radius 3 is 2.56 bits per heavy atom. The van der Waals surface area contributed by atoms with E-state index in [1.807, 2.05) is 13.0 Å². The molecule has 0 aliphatic carbocycles. The molecule has 0 aliphatic rings. The molecule has 0 aliphatic heterocycles. The minimum atomic E-state index is -0.397. The Morgan fingerprint density at radius 1 is 0.944 bits per heavy atom. The summed E-state index contributed by atoms with van der Waals surface area (Å²) in [4.78, 5) is 39.8. The third kappa shape index (κ3) is 4.66. The molecule has 5 rings (SSSR count). The predicted octanol–water partition coefficient (Wildman–Crippen LogP) is 4.84. The SMILES string of the molecule is COc1ccc(-c2cnc3nc(NC(=O)c4cnc(C)cc4-c4cc(Cl)ncc4OC)sc3n2)cn1. The summed E-state index contributed by atoms with van der Waals surface area (Å²) in [5.41, 5.74) is 4.11. The van der Waals surface area contributed by atoms with Gasteiger partial charge < -0.3 is 9.47 Å². The number of hydrogen-bond acceptors (Lipinski definition) is 10. The highest BCUT2D eigenvalue weighted by molar-refractivity contribution is 7.21. The maximum atomic E-state index is 13.3. The quantitative estimate of drug-likeness (QED) is 0.314. The molecule has 180 valence electrons. The molecule has 0 saturated heterocycles. The van der Waals surface area contributed by atoms with Crippen molar-refractivity contribution in [3.05, 3.63) is 65.5 Å². The molecule has 1 amide bonds. The summed E-state index contributed by atoms with van der Waals surface area (Å²) in [6.45, 7) is 1.83. The summed E-state index contributed by atoms with van der Waals surface area (Å²) in [5, 5.41) is 3.46. The van der Waals surface area contributed by atoms with Crippen molar-refractivity contribution in [1.82, 2.24) is 29.9 Å². The average molecular weight is 520 g/mol. The molecule has 0 unspecified atom stereocenters. The number of carbonyl (C=O) groups is 1. The van der Waals surface area contributed by atoms with Crippen LogP contribution in [0.15, 0.2) is 49.1 Å². The molecular formula is C24H18ClN7O3S. The minimum absolute atomic E-state index is 0.276. The number of carbonyl (C=O) groups excluding carboxylic acids is 1. The van der Waals surface area contributed by atoms with Crippen molar-refractivity contribution in [2.45, 2.75) is 6.92 Å². The fraction of sp³-hybridized carbons (Fsp3) is 0.125. The van der Waals surface area contributed by atoms with Gasteiger partial charge in [-0.2, -0.15) is 4.98 Å². The Hall–Kier alpha value is -4.22.